The van der Waals surface area contributed by atoms with E-state index < -0.39 is 11.6 Å². The van der Waals surface area contributed by atoms with E-state index in [1.165, 1.54) is 12.1 Å². The van der Waals surface area contributed by atoms with Crippen LogP contribution in [0.4, 0.5) is 8.78 Å². The Hall–Kier alpha value is -0.190. The highest BCUT2D eigenvalue weighted by Crippen LogP contribution is 2.21. The number of nitrogens with one attached hydrogen (secondary N) is 1. The van der Waals surface area contributed by atoms with Gasteiger partial charge in [0.05, 0.1) is 4.47 Å². The number of alkyl halides is 1. The van der Waals surface area contributed by atoms with Crippen LogP contribution in [0.5, 0.6) is 0 Å². The van der Waals surface area contributed by atoms with Crippen molar-refractivity contribution in [1.82, 2.24) is 5.32 Å². The van der Waals surface area contributed by atoms with E-state index in [-0.39, 0.29) is 16.6 Å². The van der Waals surface area contributed by atoms with Crippen molar-refractivity contribution in [2.24, 2.45) is 5.92 Å². The summed E-state index contributed by atoms with van der Waals surface area (Å²) in [7, 11) is 0. The zero-order chi connectivity index (χ0) is 14.3. The van der Waals surface area contributed by atoms with E-state index in [4.69, 9.17) is 11.6 Å². The average molecular weight is 355 g/mol. The highest BCUT2D eigenvalue weighted by Gasteiger charge is 2.13. The lowest BCUT2D eigenvalue weighted by atomic mass is 10.0. The maximum Gasteiger partial charge on any atom is 0.144 e. The zero-order valence-corrected chi connectivity index (χ0v) is 13.3. The summed E-state index contributed by atoms with van der Waals surface area (Å²) in [5.41, 5.74) is 0.0792. The van der Waals surface area contributed by atoms with E-state index in [2.05, 4.69) is 28.2 Å². The number of hydrogen-bond donors (Lipinski definition) is 1. The van der Waals surface area contributed by atoms with Gasteiger partial charge in [0.15, 0.2) is 0 Å². The van der Waals surface area contributed by atoms with Gasteiger partial charge in [-0.2, -0.15) is 0 Å². The molecular weight excluding hydrogens is 336 g/mol. The van der Waals surface area contributed by atoms with Gasteiger partial charge in [-0.25, -0.2) is 8.78 Å². The SMILES string of the molecule is CCCC(CCCl)CNCc1c(F)ccc(Br)c1F. The summed E-state index contributed by atoms with van der Waals surface area (Å²) in [6.07, 6.45) is 3.08. The van der Waals surface area contributed by atoms with E-state index in [0.717, 1.165) is 25.8 Å². The molecule has 1 atom stereocenters. The second kappa shape index (κ2) is 8.88. The molecule has 0 fully saturated rings. The van der Waals surface area contributed by atoms with Gasteiger partial charge in [-0.15, -0.1) is 11.6 Å². The summed E-state index contributed by atoms with van der Waals surface area (Å²) in [5, 5.41) is 3.12. The molecule has 0 radical (unpaired) electrons. The maximum absolute atomic E-state index is 13.7. The standard InChI is InChI=1S/C14H19BrClF2N/c1-2-3-10(6-7-16)8-19-9-11-13(17)5-4-12(15)14(11)18/h4-5,10,19H,2-3,6-9H2,1H3. The van der Waals surface area contributed by atoms with Crippen molar-refractivity contribution in [2.45, 2.75) is 32.7 Å². The van der Waals surface area contributed by atoms with Crippen LogP contribution >= 0.6 is 27.5 Å². The van der Waals surface area contributed by atoms with Crippen LogP contribution in [0.25, 0.3) is 0 Å². The Kier molecular flexibility index (Phi) is 7.88. The Morgan fingerprint density at radius 1 is 1.32 bits per heavy atom. The van der Waals surface area contributed by atoms with Gasteiger partial charge in [-0.3, -0.25) is 0 Å². The third-order valence-electron chi connectivity index (χ3n) is 3.09. The molecule has 0 heterocycles. The Labute approximate surface area is 126 Å². The number of hydrogen-bond acceptors (Lipinski definition) is 1. The first-order valence-electron chi connectivity index (χ1n) is 6.49. The largest absolute Gasteiger partial charge is 0.312 e. The van der Waals surface area contributed by atoms with Crippen molar-refractivity contribution in [2.75, 3.05) is 12.4 Å². The highest BCUT2D eigenvalue weighted by molar-refractivity contribution is 9.10. The Morgan fingerprint density at radius 3 is 2.68 bits per heavy atom. The third kappa shape index (κ3) is 5.36. The first kappa shape index (κ1) is 16.9. The average Bonchev–Trinajstić information content (AvgIpc) is 2.38. The fourth-order valence-corrected chi connectivity index (χ4v) is 2.72. The quantitative estimate of drug-likeness (QED) is 0.519. The lowest BCUT2D eigenvalue weighted by molar-refractivity contribution is 0.423. The number of halogens is 4. The van der Waals surface area contributed by atoms with Gasteiger partial charge in [0, 0.05) is 18.0 Å². The van der Waals surface area contributed by atoms with Crippen molar-refractivity contribution in [3.05, 3.63) is 33.8 Å². The van der Waals surface area contributed by atoms with Gasteiger partial charge in [0.25, 0.3) is 0 Å². The number of benzene rings is 1. The summed E-state index contributed by atoms with van der Waals surface area (Å²) in [4.78, 5) is 0. The van der Waals surface area contributed by atoms with Gasteiger partial charge in [0.1, 0.15) is 11.6 Å². The molecule has 5 heteroatoms. The third-order valence-corrected chi connectivity index (χ3v) is 3.92. The van der Waals surface area contributed by atoms with Crippen molar-refractivity contribution in [1.29, 1.82) is 0 Å². The molecule has 108 valence electrons. The Balaban J connectivity index is 2.54. The number of rotatable bonds is 8. The molecule has 0 aliphatic rings. The van der Waals surface area contributed by atoms with Crippen molar-refractivity contribution in [3.8, 4) is 0 Å². The maximum atomic E-state index is 13.7. The van der Waals surface area contributed by atoms with E-state index in [9.17, 15) is 8.78 Å². The molecule has 0 bridgehead atoms. The van der Waals surface area contributed by atoms with Crippen LogP contribution in [0.3, 0.4) is 0 Å². The van der Waals surface area contributed by atoms with Crippen LogP contribution in [0.1, 0.15) is 31.7 Å². The van der Waals surface area contributed by atoms with Crippen molar-refractivity contribution < 1.29 is 8.78 Å². The molecule has 0 aliphatic carbocycles. The predicted octanol–water partition coefficient (Wildman–Crippen LogP) is 4.86. The molecule has 0 aromatic heterocycles. The lowest BCUT2D eigenvalue weighted by Crippen LogP contribution is -2.24. The molecule has 0 saturated heterocycles. The first-order valence-corrected chi connectivity index (χ1v) is 7.81. The van der Waals surface area contributed by atoms with Crippen LogP contribution in [0.15, 0.2) is 16.6 Å². The second-order valence-electron chi connectivity index (χ2n) is 4.59. The summed E-state index contributed by atoms with van der Waals surface area (Å²) < 4.78 is 27.6. The van der Waals surface area contributed by atoms with Gasteiger partial charge >= 0.3 is 0 Å². The molecule has 1 aromatic rings. The predicted molar refractivity (Wildman–Crippen MR) is 79.5 cm³/mol. The fourth-order valence-electron chi connectivity index (χ4n) is 2.04. The van der Waals surface area contributed by atoms with E-state index in [0.29, 0.717) is 11.8 Å². The molecule has 1 rings (SSSR count). The molecule has 1 aromatic carbocycles. The van der Waals surface area contributed by atoms with Gasteiger partial charge < -0.3 is 5.32 Å². The summed E-state index contributed by atoms with van der Waals surface area (Å²) >= 11 is 8.81. The Morgan fingerprint density at radius 2 is 2.05 bits per heavy atom. The molecule has 0 amide bonds. The molecule has 19 heavy (non-hydrogen) atoms. The lowest BCUT2D eigenvalue weighted by Gasteiger charge is -2.16. The molecule has 1 unspecified atom stereocenters. The van der Waals surface area contributed by atoms with Crippen LogP contribution in [-0.4, -0.2) is 12.4 Å². The monoisotopic (exact) mass is 353 g/mol. The summed E-state index contributed by atoms with van der Waals surface area (Å²) in [5.74, 6) is 0.0293. The topological polar surface area (TPSA) is 12.0 Å². The van der Waals surface area contributed by atoms with Crippen LogP contribution in [-0.2, 0) is 6.54 Å². The minimum atomic E-state index is -0.531. The van der Waals surface area contributed by atoms with Crippen molar-refractivity contribution in [3.63, 3.8) is 0 Å². The highest BCUT2D eigenvalue weighted by atomic mass is 79.9. The molecule has 1 nitrogen and oxygen atoms in total. The second-order valence-corrected chi connectivity index (χ2v) is 5.82. The van der Waals surface area contributed by atoms with E-state index in [1.54, 1.807) is 0 Å². The molecular formula is C14H19BrClF2N. The fraction of sp³-hybridized carbons (Fsp3) is 0.571. The van der Waals surface area contributed by atoms with Crippen LogP contribution in [0, 0.1) is 17.6 Å². The Bertz CT molecular complexity index is 395. The first-order chi connectivity index (χ1) is 9.10. The zero-order valence-electron chi connectivity index (χ0n) is 11.0. The minimum absolute atomic E-state index is 0.0792. The molecule has 0 aliphatic heterocycles. The molecule has 0 saturated carbocycles. The van der Waals surface area contributed by atoms with Crippen LogP contribution in [0.2, 0.25) is 0 Å². The minimum Gasteiger partial charge on any atom is -0.312 e. The molecule has 1 N–H and O–H groups in total. The van der Waals surface area contributed by atoms with E-state index in [1.807, 2.05) is 0 Å². The summed E-state index contributed by atoms with van der Waals surface area (Å²) in [6, 6.07) is 2.65. The van der Waals surface area contributed by atoms with Gasteiger partial charge in [0.2, 0.25) is 0 Å². The van der Waals surface area contributed by atoms with Crippen LogP contribution < -0.4 is 5.32 Å². The van der Waals surface area contributed by atoms with E-state index >= 15 is 0 Å². The normalized spacial score (nSPS) is 12.7. The smallest absolute Gasteiger partial charge is 0.144 e. The van der Waals surface area contributed by atoms with Gasteiger partial charge in [-0.1, -0.05) is 13.3 Å². The van der Waals surface area contributed by atoms with Gasteiger partial charge in [-0.05, 0) is 53.4 Å². The van der Waals surface area contributed by atoms with Crippen molar-refractivity contribution >= 4 is 27.5 Å². The summed E-state index contributed by atoms with van der Waals surface area (Å²) in [6.45, 7) is 3.04. The molecule has 0 spiro atoms.